The lowest BCUT2D eigenvalue weighted by Crippen LogP contribution is -2.13. The summed E-state index contributed by atoms with van der Waals surface area (Å²) < 4.78 is 5.48. The first-order chi connectivity index (χ1) is 9.54. The third-order valence-electron chi connectivity index (χ3n) is 2.95. The van der Waals surface area contributed by atoms with E-state index in [2.05, 4.69) is 4.98 Å². The van der Waals surface area contributed by atoms with Gasteiger partial charge in [-0.05, 0) is 24.6 Å². The Morgan fingerprint density at radius 1 is 1.35 bits per heavy atom. The molecule has 0 fully saturated rings. The molecule has 0 aliphatic heterocycles. The number of fused-ring (bicyclic) bond motifs is 1. The first kappa shape index (κ1) is 13.9. The number of hydrogen-bond donors (Lipinski definition) is 3. The Morgan fingerprint density at radius 3 is 2.75 bits per heavy atom. The maximum atomic E-state index is 11.9. The van der Waals surface area contributed by atoms with Gasteiger partial charge in [-0.15, -0.1) is 0 Å². The van der Waals surface area contributed by atoms with Crippen LogP contribution in [0.25, 0.3) is 10.8 Å². The van der Waals surface area contributed by atoms with Crippen LogP contribution in [-0.4, -0.2) is 27.8 Å². The van der Waals surface area contributed by atoms with E-state index in [0.29, 0.717) is 12.4 Å². The summed E-state index contributed by atoms with van der Waals surface area (Å²) in [5, 5.41) is 19.1. The number of aromatic amines is 1. The van der Waals surface area contributed by atoms with E-state index in [4.69, 9.17) is 9.84 Å². The molecule has 0 aliphatic rings. The molecule has 106 valence electrons. The summed E-state index contributed by atoms with van der Waals surface area (Å²) in [5.41, 5.74) is -1.08. The molecule has 20 heavy (non-hydrogen) atoms. The van der Waals surface area contributed by atoms with Crippen molar-refractivity contribution in [1.29, 1.82) is 0 Å². The summed E-state index contributed by atoms with van der Waals surface area (Å²) in [4.78, 5) is 24.9. The number of nitrogens with one attached hydrogen (secondary N) is 1. The van der Waals surface area contributed by atoms with Crippen molar-refractivity contribution in [3.8, 4) is 11.5 Å². The standard InChI is InChI=1S/C14H15NO5/c1-2-3-6-20-8-4-5-9-10(7-8)13(17)15-11(12(9)16)14(18)19/h4-5,7,16H,2-3,6H2,1H3,(H,15,17)(H,18,19). The average molecular weight is 277 g/mol. The lowest BCUT2D eigenvalue weighted by molar-refractivity contribution is 0.0687. The van der Waals surface area contributed by atoms with Gasteiger partial charge < -0.3 is 19.9 Å². The predicted molar refractivity (Wildman–Crippen MR) is 73.6 cm³/mol. The van der Waals surface area contributed by atoms with Gasteiger partial charge in [0.2, 0.25) is 0 Å². The van der Waals surface area contributed by atoms with Crippen LogP contribution >= 0.6 is 0 Å². The van der Waals surface area contributed by atoms with Gasteiger partial charge in [0.15, 0.2) is 11.4 Å². The Hall–Kier alpha value is -2.50. The minimum Gasteiger partial charge on any atom is -0.505 e. The third kappa shape index (κ3) is 2.59. The van der Waals surface area contributed by atoms with Crippen LogP contribution in [-0.2, 0) is 0 Å². The lowest BCUT2D eigenvalue weighted by Gasteiger charge is -2.08. The molecule has 0 atom stereocenters. The van der Waals surface area contributed by atoms with E-state index in [1.807, 2.05) is 6.92 Å². The fraction of sp³-hybridized carbons (Fsp3) is 0.286. The molecule has 6 heteroatoms. The second-order valence-electron chi connectivity index (χ2n) is 4.39. The zero-order valence-electron chi connectivity index (χ0n) is 11.0. The van der Waals surface area contributed by atoms with E-state index < -0.39 is 23.0 Å². The number of hydrogen-bond acceptors (Lipinski definition) is 4. The molecule has 1 heterocycles. The third-order valence-corrected chi connectivity index (χ3v) is 2.95. The van der Waals surface area contributed by atoms with Crippen molar-refractivity contribution in [2.45, 2.75) is 19.8 Å². The van der Waals surface area contributed by atoms with Gasteiger partial charge in [0.1, 0.15) is 5.75 Å². The van der Waals surface area contributed by atoms with Crippen molar-refractivity contribution >= 4 is 16.7 Å². The molecule has 0 aliphatic carbocycles. The number of carboxylic acids is 1. The molecule has 0 saturated carbocycles. The van der Waals surface area contributed by atoms with Gasteiger partial charge in [0, 0.05) is 5.39 Å². The number of aromatic carboxylic acids is 1. The molecule has 0 bridgehead atoms. The van der Waals surface area contributed by atoms with Gasteiger partial charge in [0.25, 0.3) is 5.56 Å². The summed E-state index contributed by atoms with van der Waals surface area (Å²) in [6.45, 7) is 2.58. The Morgan fingerprint density at radius 2 is 2.10 bits per heavy atom. The smallest absolute Gasteiger partial charge is 0.356 e. The number of carbonyl (C=O) groups is 1. The highest BCUT2D eigenvalue weighted by Crippen LogP contribution is 2.27. The molecule has 0 unspecified atom stereocenters. The van der Waals surface area contributed by atoms with Crippen LogP contribution in [0.15, 0.2) is 23.0 Å². The lowest BCUT2D eigenvalue weighted by atomic mass is 10.1. The molecular weight excluding hydrogens is 262 g/mol. The summed E-state index contributed by atoms with van der Waals surface area (Å²) in [5.74, 6) is -1.32. The Bertz CT molecular complexity index is 705. The Labute approximate surface area is 114 Å². The van der Waals surface area contributed by atoms with Crippen molar-refractivity contribution in [3.63, 3.8) is 0 Å². The van der Waals surface area contributed by atoms with Crippen LogP contribution in [0.5, 0.6) is 11.5 Å². The van der Waals surface area contributed by atoms with E-state index in [9.17, 15) is 14.7 Å². The molecule has 2 aromatic rings. The average Bonchev–Trinajstić information content (AvgIpc) is 2.42. The second-order valence-corrected chi connectivity index (χ2v) is 4.39. The highest BCUT2D eigenvalue weighted by atomic mass is 16.5. The van der Waals surface area contributed by atoms with Gasteiger partial charge in [-0.1, -0.05) is 13.3 Å². The molecule has 0 saturated heterocycles. The van der Waals surface area contributed by atoms with E-state index in [1.54, 1.807) is 6.07 Å². The van der Waals surface area contributed by atoms with Crippen molar-refractivity contribution in [1.82, 2.24) is 4.98 Å². The van der Waals surface area contributed by atoms with E-state index in [0.717, 1.165) is 12.8 Å². The number of ether oxygens (including phenoxy) is 1. The zero-order valence-corrected chi connectivity index (χ0v) is 11.0. The number of unbranched alkanes of at least 4 members (excludes halogenated alkanes) is 1. The number of carboxylic acid groups (broad SMARTS) is 1. The fourth-order valence-corrected chi connectivity index (χ4v) is 1.87. The minimum absolute atomic E-state index is 0.189. The number of H-pyrrole nitrogens is 1. The quantitative estimate of drug-likeness (QED) is 0.727. The van der Waals surface area contributed by atoms with Crippen molar-refractivity contribution < 1.29 is 19.7 Å². The molecule has 6 nitrogen and oxygen atoms in total. The van der Waals surface area contributed by atoms with E-state index >= 15 is 0 Å². The first-order valence-electron chi connectivity index (χ1n) is 6.29. The van der Waals surface area contributed by atoms with Crippen LogP contribution in [0, 0.1) is 0 Å². The minimum atomic E-state index is -1.38. The fourth-order valence-electron chi connectivity index (χ4n) is 1.87. The largest absolute Gasteiger partial charge is 0.505 e. The van der Waals surface area contributed by atoms with Gasteiger partial charge in [-0.25, -0.2) is 4.79 Å². The second kappa shape index (κ2) is 5.64. The number of aromatic nitrogens is 1. The van der Waals surface area contributed by atoms with Crippen LogP contribution in [0.4, 0.5) is 0 Å². The summed E-state index contributed by atoms with van der Waals surface area (Å²) in [7, 11) is 0. The molecule has 0 radical (unpaired) electrons. The summed E-state index contributed by atoms with van der Waals surface area (Å²) >= 11 is 0. The highest BCUT2D eigenvalue weighted by molar-refractivity contribution is 5.98. The van der Waals surface area contributed by atoms with Crippen LogP contribution in [0.2, 0.25) is 0 Å². The number of rotatable bonds is 5. The van der Waals surface area contributed by atoms with Gasteiger partial charge >= 0.3 is 5.97 Å². The van der Waals surface area contributed by atoms with Crippen LogP contribution in [0.1, 0.15) is 30.3 Å². The van der Waals surface area contributed by atoms with Crippen molar-refractivity contribution in [2.24, 2.45) is 0 Å². The summed E-state index contributed by atoms with van der Waals surface area (Å²) in [6.07, 6.45) is 1.90. The molecule has 2 rings (SSSR count). The Balaban J connectivity index is 2.49. The van der Waals surface area contributed by atoms with Crippen molar-refractivity contribution in [3.05, 3.63) is 34.2 Å². The monoisotopic (exact) mass is 277 g/mol. The van der Waals surface area contributed by atoms with Crippen molar-refractivity contribution in [2.75, 3.05) is 6.61 Å². The highest BCUT2D eigenvalue weighted by Gasteiger charge is 2.16. The Kier molecular flexibility index (Phi) is 3.93. The molecule has 0 spiro atoms. The van der Waals surface area contributed by atoms with Crippen LogP contribution in [0.3, 0.4) is 0 Å². The molecule has 3 N–H and O–H groups in total. The van der Waals surface area contributed by atoms with E-state index in [1.165, 1.54) is 12.1 Å². The molecular formula is C14H15NO5. The topological polar surface area (TPSA) is 99.6 Å². The maximum Gasteiger partial charge on any atom is 0.356 e. The van der Waals surface area contributed by atoms with Gasteiger partial charge in [-0.2, -0.15) is 0 Å². The van der Waals surface area contributed by atoms with Gasteiger partial charge in [0.05, 0.1) is 12.0 Å². The molecule has 0 amide bonds. The normalized spacial score (nSPS) is 10.7. The molecule has 1 aromatic carbocycles. The number of pyridine rings is 1. The van der Waals surface area contributed by atoms with Crippen LogP contribution < -0.4 is 10.3 Å². The van der Waals surface area contributed by atoms with E-state index in [-0.39, 0.29) is 10.8 Å². The summed E-state index contributed by atoms with van der Waals surface area (Å²) in [6, 6.07) is 4.57. The SMILES string of the molecule is CCCCOc1ccc2c(O)c(C(=O)O)[nH]c(=O)c2c1. The zero-order chi connectivity index (χ0) is 14.7. The molecule has 1 aromatic heterocycles. The first-order valence-corrected chi connectivity index (χ1v) is 6.29. The van der Waals surface area contributed by atoms with Gasteiger partial charge in [-0.3, -0.25) is 4.79 Å². The number of benzene rings is 1. The maximum absolute atomic E-state index is 11.9. The number of aromatic hydroxyl groups is 1. The predicted octanol–water partition coefficient (Wildman–Crippen LogP) is 2.11.